The second-order valence-corrected chi connectivity index (χ2v) is 6.40. The van der Waals surface area contributed by atoms with E-state index in [0.29, 0.717) is 11.4 Å². The number of fused-ring (bicyclic) bond motifs is 1. The van der Waals surface area contributed by atoms with Crippen LogP contribution in [0.15, 0.2) is 18.2 Å². The Morgan fingerprint density at radius 1 is 1.42 bits per heavy atom. The van der Waals surface area contributed by atoms with Crippen LogP contribution in [0.3, 0.4) is 0 Å². The van der Waals surface area contributed by atoms with Gasteiger partial charge >= 0.3 is 0 Å². The molecule has 2 N–H and O–H groups in total. The number of ether oxygens (including phenoxy) is 1. The number of anilines is 1. The molecule has 1 aliphatic heterocycles. The molecule has 0 radical (unpaired) electrons. The van der Waals surface area contributed by atoms with Gasteiger partial charge in [-0.1, -0.05) is 6.07 Å². The topological polar surface area (TPSA) is 84.5 Å². The lowest BCUT2D eigenvalue weighted by Gasteiger charge is -2.23. The molecule has 0 saturated carbocycles. The molecule has 0 aromatic heterocycles. The number of benzene rings is 1. The second kappa shape index (κ2) is 5.18. The van der Waals surface area contributed by atoms with Crippen molar-refractivity contribution < 1.29 is 17.9 Å². The van der Waals surface area contributed by atoms with Gasteiger partial charge in [-0.2, -0.15) is 0 Å². The Hall–Kier alpha value is -1.60. The highest BCUT2D eigenvalue weighted by Gasteiger charge is 2.23. The van der Waals surface area contributed by atoms with Gasteiger partial charge in [0.15, 0.2) is 6.10 Å². The third-order valence-electron chi connectivity index (χ3n) is 2.85. The lowest BCUT2D eigenvalue weighted by atomic mass is 10.1. The minimum absolute atomic E-state index is 0.0370. The molecule has 1 heterocycles. The van der Waals surface area contributed by atoms with Crippen molar-refractivity contribution in [3.05, 3.63) is 23.8 Å². The summed E-state index contributed by atoms with van der Waals surface area (Å²) in [5, 5.41) is 2.72. The molecule has 0 bridgehead atoms. The van der Waals surface area contributed by atoms with Crippen molar-refractivity contribution in [2.24, 2.45) is 0 Å². The molecule has 104 valence electrons. The van der Waals surface area contributed by atoms with Crippen LogP contribution in [0.2, 0.25) is 0 Å². The summed E-state index contributed by atoms with van der Waals surface area (Å²) in [5.74, 6) is 0.419. The number of carbonyl (C=O) groups is 1. The van der Waals surface area contributed by atoms with Crippen LogP contribution in [0.5, 0.6) is 5.75 Å². The zero-order valence-corrected chi connectivity index (χ0v) is 11.6. The van der Waals surface area contributed by atoms with Crippen molar-refractivity contribution in [1.29, 1.82) is 0 Å². The van der Waals surface area contributed by atoms with Crippen LogP contribution in [-0.2, 0) is 21.4 Å². The lowest BCUT2D eigenvalue weighted by Crippen LogP contribution is -2.34. The van der Waals surface area contributed by atoms with Crippen molar-refractivity contribution in [2.75, 3.05) is 11.1 Å². The van der Waals surface area contributed by atoms with Crippen molar-refractivity contribution >= 4 is 21.6 Å². The predicted octanol–water partition coefficient (Wildman–Crippen LogP) is 0.845. The van der Waals surface area contributed by atoms with E-state index in [1.807, 2.05) is 0 Å². The minimum atomic E-state index is -3.23. The monoisotopic (exact) mass is 284 g/mol. The van der Waals surface area contributed by atoms with Gasteiger partial charge in [0, 0.05) is 6.54 Å². The molecule has 7 heteroatoms. The van der Waals surface area contributed by atoms with Crippen LogP contribution >= 0.6 is 0 Å². The quantitative estimate of drug-likeness (QED) is 0.858. The standard InChI is InChI=1S/C12H16N2O4S/c1-3-19(16,17)13-7-9-4-5-11-10(6-9)14-12(15)8(2)18-11/h4-6,8,13H,3,7H2,1-2H3,(H,14,15). The zero-order chi connectivity index (χ0) is 14.0. The maximum absolute atomic E-state index is 11.5. The summed E-state index contributed by atoms with van der Waals surface area (Å²) < 4.78 is 30.6. The first-order valence-electron chi connectivity index (χ1n) is 5.99. The Morgan fingerprint density at radius 3 is 2.84 bits per heavy atom. The van der Waals surface area contributed by atoms with Crippen LogP contribution in [0.25, 0.3) is 0 Å². The van der Waals surface area contributed by atoms with E-state index in [1.54, 1.807) is 32.0 Å². The number of rotatable bonds is 4. The summed E-state index contributed by atoms with van der Waals surface area (Å²) in [4.78, 5) is 11.5. The molecule has 1 aromatic rings. The van der Waals surface area contributed by atoms with E-state index < -0.39 is 16.1 Å². The molecular formula is C12H16N2O4S. The smallest absolute Gasteiger partial charge is 0.265 e. The van der Waals surface area contributed by atoms with Crippen LogP contribution < -0.4 is 14.8 Å². The summed E-state index contributed by atoms with van der Waals surface area (Å²) in [6, 6.07) is 5.19. The Bertz CT molecular complexity index is 598. The molecule has 1 atom stereocenters. The molecule has 0 aliphatic carbocycles. The maximum Gasteiger partial charge on any atom is 0.265 e. The van der Waals surface area contributed by atoms with Gasteiger partial charge in [-0.15, -0.1) is 0 Å². The number of carbonyl (C=O) groups excluding carboxylic acids is 1. The van der Waals surface area contributed by atoms with Gasteiger partial charge in [0.1, 0.15) is 5.75 Å². The van der Waals surface area contributed by atoms with E-state index in [-0.39, 0.29) is 18.2 Å². The fourth-order valence-corrected chi connectivity index (χ4v) is 2.25. The summed E-state index contributed by atoms with van der Waals surface area (Å²) in [6.45, 7) is 3.43. The van der Waals surface area contributed by atoms with Crippen LogP contribution in [0.1, 0.15) is 19.4 Å². The Labute approximate surface area is 112 Å². The van der Waals surface area contributed by atoms with Gasteiger partial charge in [-0.25, -0.2) is 13.1 Å². The summed E-state index contributed by atoms with van der Waals surface area (Å²) in [6.07, 6.45) is -0.517. The van der Waals surface area contributed by atoms with Crippen molar-refractivity contribution in [3.8, 4) is 5.75 Å². The summed E-state index contributed by atoms with van der Waals surface area (Å²) in [7, 11) is -3.23. The summed E-state index contributed by atoms with van der Waals surface area (Å²) >= 11 is 0. The molecule has 6 nitrogen and oxygen atoms in total. The Kier molecular flexibility index (Phi) is 3.77. The predicted molar refractivity (Wildman–Crippen MR) is 71.5 cm³/mol. The third-order valence-corrected chi connectivity index (χ3v) is 4.20. The van der Waals surface area contributed by atoms with Gasteiger partial charge in [0.2, 0.25) is 10.0 Å². The normalized spacial score (nSPS) is 18.4. The zero-order valence-electron chi connectivity index (χ0n) is 10.8. The van der Waals surface area contributed by atoms with Crippen molar-refractivity contribution in [2.45, 2.75) is 26.5 Å². The first kappa shape index (κ1) is 13.8. The van der Waals surface area contributed by atoms with Crippen LogP contribution in [-0.4, -0.2) is 26.2 Å². The number of sulfonamides is 1. The van der Waals surface area contributed by atoms with Crippen molar-refractivity contribution in [3.63, 3.8) is 0 Å². The molecule has 1 aliphatic rings. The molecule has 1 amide bonds. The van der Waals surface area contributed by atoms with Crippen LogP contribution in [0.4, 0.5) is 5.69 Å². The molecule has 0 fully saturated rings. The fraction of sp³-hybridized carbons (Fsp3) is 0.417. The van der Waals surface area contributed by atoms with E-state index in [9.17, 15) is 13.2 Å². The Morgan fingerprint density at radius 2 is 2.16 bits per heavy atom. The molecule has 0 spiro atoms. The number of nitrogens with one attached hydrogen (secondary N) is 2. The average molecular weight is 284 g/mol. The fourth-order valence-electron chi connectivity index (χ4n) is 1.66. The number of hydrogen-bond acceptors (Lipinski definition) is 4. The van der Waals surface area contributed by atoms with E-state index in [0.717, 1.165) is 5.56 Å². The van der Waals surface area contributed by atoms with Gasteiger partial charge in [0.25, 0.3) is 5.91 Å². The first-order valence-corrected chi connectivity index (χ1v) is 7.64. The number of amides is 1. The SMILES string of the molecule is CCS(=O)(=O)NCc1ccc2c(c1)NC(=O)C(C)O2. The van der Waals surface area contributed by atoms with Crippen LogP contribution in [0, 0.1) is 0 Å². The molecule has 19 heavy (non-hydrogen) atoms. The highest BCUT2D eigenvalue weighted by molar-refractivity contribution is 7.89. The molecule has 1 aromatic carbocycles. The van der Waals surface area contributed by atoms with E-state index in [1.165, 1.54) is 0 Å². The van der Waals surface area contributed by atoms with Crippen molar-refractivity contribution in [1.82, 2.24) is 4.72 Å². The van der Waals surface area contributed by atoms with Gasteiger partial charge < -0.3 is 10.1 Å². The third kappa shape index (κ3) is 3.24. The van der Waals surface area contributed by atoms with Gasteiger partial charge in [0.05, 0.1) is 11.4 Å². The molecular weight excluding hydrogens is 268 g/mol. The lowest BCUT2D eigenvalue weighted by molar-refractivity contribution is -0.122. The first-order chi connectivity index (χ1) is 8.91. The molecule has 1 unspecified atom stereocenters. The van der Waals surface area contributed by atoms with E-state index in [2.05, 4.69) is 10.0 Å². The largest absolute Gasteiger partial charge is 0.479 e. The van der Waals surface area contributed by atoms with E-state index >= 15 is 0 Å². The summed E-state index contributed by atoms with van der Waals surface area (Å²) in [5.41, 5.74) is 1.32. The Balaban J connectivity index is 2.14. The molecule has 2 rings (SSSR count). The number of hydrogen-bond donors (Lipinski definition) is 2. The van der Waals surface area contributed by atoms with Gasteiger partial charge in [-0.05, 0) is 31.5 Å². The van der Waals surface area contributed by atoms with Gasteiger partial charge in [-0.3, -0.25) is 4.79 Å². The maximum atomic E-state index is 11.5. The highest BCUT2D eigenvalue weighted by atomic mass is 32.2. The minimum Gasteiger partial charge on any atom is -0.479 e. The highest BCUT2D eigenvalue weighted by Crippen LogP contribution is 2.30. The molecule has 0 saturated heterocycles. The average Bonchev–Trinajstić information content (AvgIpc) is 2.38. The second-order valence-electron chi connectivity index (χ2n) is 4.30. The van der Waals surface area contributed by atoms with E-state index in [4.69, 9.17) is 4.74 Å².